The van der Waals surface area contributed by atoms with Gasteiger partial charge in [-0.1, -0.05) is 30.9 Å². The van der Waals surface area contributed by atoms with Crippen LogP contribution < -0.4 is 5.32 Å². The first-order valence-corrected chi connectivity index (χ1v) is 9.96. The van der Waals surface area contributed by atoms with Crippen molar-refractivity contribution in [2.75, 3.05) is 38.7 Å². The minimum atomic E-state index is -0.403. The molecule has 1 aromatic rings. The molecule has 1 heterocycles. The average molecular weight is 371 g/mol. The van der Waals surface area contributed by atoms with E-state index in [-0.39, 0.29) is 0 Å². The number of piperidine rings is 1. The number of aliphatic hydroxyl groups is 1. The van der Waals surface area contributed by atoms with Gasteiger partial charge in [0.2, 0.25) is 0 Å². The lowest BCUT2D eigenvalue weighted by atomic mass is 10.0. The zero-order valence-electron chi connectivity index (χ0n) is 17.2. The van der Waals surface area contributed by atoms with Gasteiger partial charge in [0, 0.05) is 50.5 Å². The molecule has 1 aromatic carbocycles. The number of benzene rings is 1. The number of hydrogen-bond acceptors (Lipinski definition) is 4. The quantitative estimate of drug-likeness (QED) is 0.719. The van der Waals surface area contributed by atoms with Gasteiger partial charge in [0.05, 0.1) is 12.7 Å². The Kier molecular flexibility index (Phi) is 8.87. The summed E-state index contributed by atoms with van der Waals surface area (Å²) in [6.07, 6.45) is 4.81. The van der Waals surface area contributed by atoms with Crippen LogP contribution in [0.4, 0.5) is 5.69 Å². The normalized spacial score (nSPS) is 17.3. The fourth-order valence-corrected chi connectivity index (χ4v) is 3.50. The van der Waals surface area contributed by atoms with Crippen LogP contribution in [0.15, 0.2) is 23.8 Å². The zero-order chi connectivity index (χ0) is 19.6. The Balaban J connectivity index is 1.99. The zero-order valence-corrected chi connectivity index (χ0v) is 17.2. The van der Waals surface area contributed by atoms with Crippen molar-refractivity contribution in [2.24, 2.45) is 0 Å². The summed E-state index contributed by atoms with van der Waals surface area (Å²) in [5.41, 5.74) is 4.78. The Morgan fingerprint density at radius 1 is 1.41 bits per heavy atom. The van der Waals surface area contributed by atoms with E-state index in [0.717, 1.165) is 37.9 Å². The summed E-state index contributed by atoms with van der Waals surface area (Å²) in [7, 11) is 1.63. The largest absolute Gasteiger partial charge is 0.389 e. The number of aryl methyl sites for hydroxylation is 1. The standard InChI is InChI=1S/C23H34N2O2/c1-5-6-8-18(2)15-22-19(3)9-7-10-23(22)24-20-11-13-25(14-12-20)16-21(26)17-27-4/h7,9-10,15,20-21,24,26H,5,11-14,16-17H2,1-4H3/b18-15+. The van der Waals surface area contributed by atoms with Gasteiger partial charge in [-0.15, -0.1) is 0 Å². The second-order valence-electron chi connectivity index (χ2n) is 7.35. The van der Waals surface area contributed by atoms with E-state index in [0.29, 0.717) is 19.2 Å². The topological polar surface area (TPSA) is 44.7 Å². The van der Waals surface area contributed by atoms with E-state index in [2.05, 4.69) is 67.1 Å². The maximum Gasteiger partial charge on any atom is 0.0900 e. The summed E-state index contributed by atoms with van der Waals surface area (Å²) in [5.74, 6) is 6.36. The lowest BCUT2D eigenvalue weighted by Crippen LogP contribution is -2.43. The van der Waals surface area contributed by atoms with Crippen LogP contribution in [0.5, 0.6) is 0 Å². The Hall–Kier alpha value is -1.80. The molecule has 148 valence electrons. The van der Waals surface area contributed by atoms with E-state index in [1.54, 1.807) is 7.11 Å². The predicted octanol–water partition coefficient (Wildman–Crippen LogP) is 3.70. The maximum atomic E-state index is 9.92. The highest BCUT2D eigenvalue weighted by molar-refractivity contribution is 5.72. The fraction of sp³-hybridized carbons (Fsp3) is 0.565. The average Bonchev–Trinajstić information content (AvgIpc) is 2.64. The minimum Gasteiger partial charge on any atom is -0.389 e. The second-order valence-corrected chi connectivity index (χ2v) is 7.35. The van der Waals surface area contributed by atoms with Crippen LogP contribution in [0, 0.1) is 18.8 Å². The van der Waals surface area contributed by atoms with Crippen molar-refractivity contribution < 1.29 is 9.84 Å². The van der Waals surface area contributed by atoms with Crippen molar-refractivity contribution in [3.63, 3.8) is 0 Å². The third-order valence-corrected chi connectivity index (χ3v) is 4.92. The fourth-order valence-electron chi connectivity index (χ4n) is 3.50. The van der Waals surface area contributed by atoms with Crippen molar-refractivity contribution in [3.05, 3.63) is 34.9 Å². The molecule has 2 N–H and O–H groups in total. The molecule has 2 rings (SSSR count). The van der Waals surface area contributed by atoms with Crippen LogP contribution >= 0.6 is 0 Å². The van der Waals surface area contributed by atoms with E-state index < -0.39 is 6.10 Å². The van der Waals surface area contributed by atoms with E-state index in [4.69, 9.17) is 4.74 Å². The van der Waals surface area contributed by atoms with Crippen molar-refractivity contribution in [3.8, 4) is 11.8 Å². The Bertz CT molecular complexity index is 679. The second kappa shape index (κ2) is 11.1. The molecule has 27 heavy (non-hydrogen) atoms. The molecule has 4 nitrogen and oxygen atoms in total. The number of hydrogen-bond donors (Lipinski definition) is 2. The number of ether oxygens (including phenoxy) is 1. The van der Waals surface area contributed by atoms with Crippen LogP contribution in [-0.2, 0) is 4.74 Å². The van der Waals surface area contributed by atoms with E-state index in [1.165, 1.54) is 16.8 Å². The Morgan fingerprint density at radius 3 is 2.81 bits per heavy atom. The van der Waals surface area contributed by atoms with Gasteiger partial charge in [-0.2, -0.15) is 0 Å². The monoisotopic (exact) mass is 370 g/mol. The maximum absolute atomic E-state index is 9.92. The molecule has 0 bridgehead atoms. The highest BCUT2D eigenvalue weighted by Crippen LogP contribution is 2.25. The molecule has 4 heteroatoms. The van der Waals surface area contributed by atoms with Crippen molar-refractivity contribution in [1.82, 2.24) is 4.90 Å². The molecule has 1 unspecified atom stereocenters. The predicted molar refractivity (Wildman–Crippen MR) is 114 cm³/mol. The highest BCUT2D eigenvalue weighted by Gasteiger charge is 2.21. The molecule has 0 aromatic heterocycles. The van der Waals surface area contributed by atoms with Gasteiger partial charge in [0.1, 0.15) is 0 Å². The van der Waals surface area contributed by atoms with Crippen LogP contribution in [0.25, 0.3) is 6.08 Å². The Labute approximate surface area is 164 Å². The minimum absolute atomic E-state index is 0.400. The number of nitrogens with zero attached hydrogens (tertiary/aromatic N) is 1. The van der Waals surface area contributed by atoms with Gasteiger partial charge in [-0.3, -0.25) is 0 Å². The van der Waals surface area contributed by atoms with Gasteiger partial charge < -0.3 is 20.1 Å². The summed E-state index contributed by atoms with van der Waals surface area (Å²) in [6.45, 7) is 9.38. The Morgan fingerprint density at radius 2 is 2.15 bits per heavy atom. The first-order chi connectivity index (χ1) is 13.0. The van der Waals surface area contributed by atoms with Crippen LogP contribution in [0.2, 0.25) is 0 Å². The molecule has 0 spiro atoms. The van der Waals surface area contributed by atoms with Crippen LogP contribution in [0.3, 0.4) is 0 Å². The first kappa shape index (κ1) is 21.5. The number of rotatable bonds is 7. The number of β-amino-alcohol motifs (C(OH)–C–C–N with tert-alkyl or cyclic N) is 1. The molecule has 1 atom stereocenters. The molecule has 0 radical (unpaired) electrons. The number of allylic oxidation sites excluding steroid dienone is 1. The van der Waals surface area contributed by atoms with Crippen molar-refractivity contribution in [1.29, 1.82) is 0 Å². The molecule has 0 amide bonds. The molecular formula is C23H34N2O2. The molecule has 1 fully saturated rings. The molecule has 1 aliphatic heterocycles. The van der Waals surface area contributed by atoms with Crippen molar-refractivity contribution >= 4 is 11.8 Å². The van der Waals surface area contributed by atoms with Gasteiger partial charge in [-0.25, -0.2) is 0 Å². The lowest BCUT2D eigenvalue weighted by molar-refractivity contribution is 0.0327. The molecule has 0 aliphatic carbocycles. The molecule has 0 saturated carbocycles. The van der Waals surface area contributed by atoms with Crippen LogP contribution in [0.1, 0.15) is 44.2 Å². The number of methoxy groups -OCH3 is 1. The van der Waals surface area contributed by atoms with Crippen LogP contribution in [-0.4, -0.2) is 55.5 Å². The number of aliphatic hydroxyl groups excluding tert-OH is 1. The third kappa shape index (κ3) is 7.03. The van der Waals surface area contributed by atoms with Gasteiger partial charge in [0.15, 0.2) is 0 Å². The summed E-state index contributed by atoms with van der Waals surface area (Å²) in [4.78, 5) is 2.32. The number of nitrogens with one attached hydrogen (secondary N) is 1. The molecule has 1 saturated heterocycles. The van der Waals surface area contributed by atoms with E-state index in [1.807, 2.05) is 0 Å². The number of likely N-dealkylation sites (tertiary alicyclic amines) is 1. The van der Waals surface area contributed by atoms with Gasteiger partial charge in [0.25, 0.3) is 0 Å². The molecule has 1 aliphatic rings. The van der Waals surface area contributed by atoms with Crippen molar-refractivity contribution in [2.45, 2.75) is 52.2 Å². The van der Waals surface area contributed by atoms with Gasteiger partial charge >= 0.3 is 0 Å². The van der Waals surface area contributed by atoms with E-state index in [9.17, 15) is 5.11 Å². The SMILES string of the molecule is CCC#C/C(C)=C/c1c(C)cccc1NC1CCN(CC(O)COC)CC1. The molecular weight excluding hydrogens is 336 g/mol. The highest BCUT2D eigenvalue weighted by atomic mass is 16.5. The summed E-state index contributed by atoms with van der Waals surface area (Å²) < 4.78 is 5.02. The summed E-state index contributed by atoms with van der Waals surface area (Å²) in [6, 6.07) is 6.88. The van der Waals surface area contributed by atoms with E-state index >= 15 is 0 Å². The number of anilines is 1. The first-order valence-electron chi connectivity index (χ1n) is 9.96. The smallest absolute Gasteiger partial charge is 0.0900 e. The lowest BCUT2D eigenvalue weighted by Gasteiger charge is -2.34. The summed E-state index contributed by atoms with van der Waals surface area (Å²) >= 11 is 0. The summed E-state index contributed by atoms with van der Waals surface area (Å²) in [5, 5.41) is 13.7. The third-order valence-electron chi connectivity index (χ3n) is 4.92. The van der Waals surface area contributed by atoms with Gasteiger partial charge in [-0.05, 0) is 50.0 Å².